The van der Waals surface area contributed by atoms with Crippen LogP contribution in [-0.4, -0.2) is 42.6 Å². The van der Waals surface area contributed by atoms with Crippen LogP contribution in [0.2, 0.25) is 0 Å². The summed E-state index contributed by atoms with van der Waals surface area (Å²) in [7, 11) is 0. The Morgan fingerprint density at radius 2 is 1.68 bits per heavy atom. The van der Waals surface area contributed by atoms with Crippen LogP contribution in [0.15, 0.2) is 54.7 Å². The Kier molecular flexibility index (Phi) is 4.70. The number of H-pyrrole nitrogens is 1. The lowest BCUT2D eigenvalue weighted by Gasteiger charge is -2.36. The molecule has 3 aromatic rings. The lowest BCUT2D eigenvalue weighted by atomic mass is 10.1. The fourth-order valence-corrected chi connectivity index (χ4v) is 3.75. The molecule has 1 saturated heterocycles. The number of hydrogen-bond acceptors (Lipinski definition) is 2. The van der Waals surface area contributed by atoms with Crippen molar-refractivity contribution in [2.24, 2.45) is 0 Å². The van der Waals surface area contributed by atoms with Gasteiger partial charge in [0, 0.05) is 43.3 Å². The molecule has 130 valence electrons. The minimum Gasteiger partial charge on any atom is -0.367 e. The van der Waals surface area contributed by atoms with Crippen molar-refractivity contribution in [3.05, 3.63) is 66.1 Å². The van der Waals surface area contributed by atoms with E-state index >= 15 is 0 Å². The Morgan fingerprint density at radius 3 is 2.52 bits per heavy atom. The second-order valence-corrected chi connectivity index (χ2v) is 6.74. The van der Waals surface area contributed by atoms with E-state index in [1.54, 1.807) is 12.1 Å². The maximum Gasteiger partial charge on any atom is 0.146 e. The van der Waals surface area contributed by atoms with E-state index in [0.29, 0.717) is 0 Å². The molecule has 0 aliphatic carbocycles. The maximum absolute atomic E-state index is 13.9. The van der Waals surface area contributed by atoms with Crippen molar-refractivity contribution in [2.45, 2.75) is 12.8 Å². The largest absolute Gasteiger partial charge is 0.367 e. The van der Waals surface area contributed by atoms with E-state index < -0.39 is 0 Å². The first-order valence-electron chi connectivity index (χ1n) is 9.08. The predicted molar refractivity (Wildman–Crippen MR) is 102 cm³/mol. The van der Waals surface area contributed by atoms with Crippen molar-refractivity contribution in [1.29, 1.82) is 0 Å². The van der Waals surface area contributed by atoms with E-state index in [1.807, 2.05) is 12.1 Å². The molecule has 1 fully saturated rings. The van der Waals surface area contributed by atoms with Gasteiger partial charge in [-0.05, 0) is 43.1 Å². The first-order chi connectivity index (χ1) is 12.3. The van der Waals surface area contributed by atoms with Crippen molar-refractivity contribution in [3.63, 3.8) is 0 Å². The quantitative estimate of drug-likeness (QED) is 0.758. The second kappa shape index (κ2) is 7.28. The van der Waals surface area contributed by atoms with E-state index in [0.717, 1.165) is 51.3 Å². The minimum atomic E-state index is -0.115. The van der Waals surface area contributed by atoms with Gasteiger partial charge in [-0.15, -0.1) is 0 Å². The molecule has 4 heteroatoms. The van der Waals surface area contributed by atoms with Gasteiger partial charge in [-0.1, -0.05) is 30.3 Å². The average molecular weight is 337 g/mol. The molecule has 0 spiro atoms. The van der Waals surface area contributed by atoms with Gasteiger partial charge in [0.15, 0.2) is 0 Å². The zero-order valence-corrected chi connectivity index (χ0v) is 14.4. The lowest BCUT2D eigenvalue weighted by Crippen LogP contribution is -2.47. The van der Waals surface area contributed by atoms with Crippen LogP contribution in [0.5, 0.6) is 0 Å². The summed E-state index contributed by atoms with van der Waals surface area (Å²) < 4.78 is 13.9. The first kappa shape index (κ1) is 16.2. The van der Waals surface area contributed by atoms with Gasteiger partial charge in [0.25, 0.3) is 0 Å². The van der Waals surface area contributed by atoms with Crippen molar-refractivity contribution in [1.82, 2.24) is 9.88 Å². The molecule has 2 heterocycles. The molecule has 1 aromatic heterocycles. The lowest BCUT2D eigenvalue weighted by molar-refractivity contribution is 0.254. The molecule has 1 aliphatic rings. The summed E-state index contributed by atoms with van der Waals surface area (Å²) in [5, 5.41) is 1.34. The molecule has 0 saturated carbocycles. The maximum atomic E-state index is 13.9. The number of aromatic nitrogens is 1. The topological polar surface area (TPSA) is 22.3 Å². The highest BCUT2D eigenvalue weighted by Gasteiger charge is 2.18. The molecule has 0 radical (unpaired) electrons. The highest BCUT2D eigenvalue weighted by Crippen LogP contribution is 2.21. The standard InChI is InChI=1S/C21H24FN3/c22-19-8-2-4-10-21(19)25-14-12-24(13-15-25)11-5-6-17-16-23-20-9-3-1-7-18(17)20/h1-4,7-10,16,23H,5-6,11-15H2. The Bertz CT molecular complexity index is 834. The predicted octanol–water partition coefficient (Wildman–Crippen LogP) is 4.06. The van der Waals surface area contributed by atoms with E-state index in [4.69, 9.17) is 0 Å². The molecule has 0 unspecified atom stereocenters. The van der Waals surface area contributed by atoms with Crippen LogP contribution in [0.4, 0.5) is 10.1 Å². The summed E-state index contributed by atoms with van der Waals surface area (Å²) >= 11 is 0. The summed E-state index contributed by atoms with van der Waals surface area (Å²) in [6, 6.07) is 15.6. The molecule has 0 amide bonds. The normalized spacial score (nSPS) is 15.8. The monoisotopic (exact) mass is 337 g/mol. The number of fused-ring (bicyclic) bond motifs is 1. The molecule has 1 aliphatic heterocycles. The number of nitrogens with one attached hydrogen (secondary N) is 1. The van der Waals surface area contributed by atoms with Gasteiger partial charge in [-0.2, -0.15) is 0 Å². The minimum absolute atomic E-state index is 0.115. The Labute approximate surface area is 148 Å². The summed E-state index contributed by atoms with van der Waals surface area (Å²) in [5.74, 6) is -0.115. The van der Waals surface area contributed by atoms with Gasteiger partial charge in [-0.25, -0.2) is 4.39 Å². The van der Waals surface area contributed by atoms with Crippen molar-refractivity contribution in [3.8, 4) is 0 Å². The number of anilines is 1. The fraction of sp³-hybridized carbons (Fsp3) is 0.333. The average Bonchev–Trinajstić information content (AvgIpc) is 3.06. The number of rotatable bonds is 5. The molecule has 0 bridgehead atoms. The molecule has 4 rings (SSSR count). The van der Waals surface area contributed by atoms with E-state index in [2.05, 4.69) is 45.2 Å². The zero-order chi connectivity index (χ0) is 17.1. The van der Waals surface area contributed by atoms with Gasteiger partial charge in [0.2, 0.25) is 0 Å². The molecule has 0 atom stereocenters. The third kappa shape index (κ3) is 3.54. The van der Waals surface area contributed by atoms with Crippen LogP contribution in [0.25, 0.3) is 10.9 Å². The Morgan fingerprint density at radius 1 is 0.920 bits per heavy atom. The molecule has 1 N–H and O–H groups in total. The van der Waals surface area contributed by atoms with Gasteiger partial charge >= 0.3 is 0 Å². The summed E-state index contributed by atoms with van der Waals surface area (Å²) in [6.45, 7) is 4.90. The second-order valence-electron chi connectivity index (χ2n) is 6.74. The number of hydrogen-bond donors (Lipinski definition) is 1. The highest BCUT2D eigenvalue weighted by molar-refractivity contribution is 5.82. The Balaban J connectivity index is 1.27. The third-order valence-electron chi connectivity index (χ3n) is 5.16. The van der Waals surface area contributed by atoms with Gasteiger partial charge in [-0.3, -0.25) is 4.90 Å². The third-order valence-corrected chi connectivity index (χ3v) is 5.16. The number of aromatic amines is 1. The van der Waals surface area contributed by atoms with Crippen LogP contribution in [0.3, 0.4) is 0 Å². The van der Waals surface area contributed by atoms with Crippen LogP contribution < -0.4 is 4.90 Å². The zero-order valence-electron chi connectivity index (χ0n) is 14.4. The van der Waals surface area contributed by atoms with Crippen molar-refractivity contribution in [2.75, 3.05) is 37.6 Å². The molecular formula is C21H24FN3. The number of para-hydroxylation sites is 2. The fourth-order valence-electron chi connectivity index (χ4n) is 3.75. The molecule has 3 nitrogen and oxygen atoms in total. The first-order valence-corrected chi connectivity index (χ1v) is 9.08. The van der Waals surface area contributed by atoms with E-state index in [9.17, 15) is 4.39 Å². The van der Waals surface area contributed by atoms with Gasteiger partial charge in [0.05, 0.1) is 5.69 Å². The van der Waals surface area contributed by atoms with Gasteiger partial charge < -0.3 is 9.88 Å². The number of nitrogens with zero attached hydrogens (tertiary/aromatic N) is 2. The van der Waals surface area contributed by atoms with E-state index in [1.165, 1.54) is 16.5 Å². The number of piperazine rings is 1. The number of aryl methyl sites for hydroxylation is 1. The molecule has 25 heavy (non-hydrogen) atoms. The van der Waals surface area contributed by atoms with Crippen LogP contribution in [0, 0.1) is 5.82 Å². The van der Waals surface area contributed by atoms with Gasteiger partial charge in [0.1, 0.15) is 5.82 Å². The SMILES string of the molecule is Fc1ccccc1N1CCN(CCCc2c[nH]c3ccccc23)CC1. The number of benzene rings is 2. The van der Waals surface area contributed by atoms with Crippen molar-refractivity contribution >= 4 is 16.6 Å². The highest BCUT2D eigenvalue weighted by atomic mass is 19.1. The Hall–Kier alpha value is -2.33. The summed E-state index contributed by atoms with van der Waals surface area (Å²) in [6.07, 6.45) is 4.39. The van der Waals surface area contributed by atoms with Crippen LogP contribution in [0.1, 0.15) is 12.0 Å². The van der Waals surface area contributed by atoms with Crippen LogP contribution in [-0.2, 0) is 6.42 Å². The summed E-state index contributed by atoms with van der Waals surface area (Å²) in [5.41, 5.74) is 3.36. The molecule has 2 aromatic carbocycles. The van der Waals surface area contributed by atoms with Crippen LogP contribution >= 0.6 is 0 Å². The summed E-state index contributed by atoms with van der Waals surface area (Å²) in [4.78, 5) is 8.00. The molecular weight excluding hydrogens is 313 g/mol. The van der Waals surface area contributed by atoms with E-state index in [-0.39, 0.29) is 5.82 Å². The number of halogens is 1. The van der Waals surface area contributed by atoms with Crippen molar-refractivity contribution < 1.29 is 4.39 Å². The smallest absolute Gasteiger partial charge is 0.146 e.